The fourth-order valence-electron chi connectivity index (χ4n) is 1.97. The van der Waals surface area contributed by atoms with Crippen molar-refractivity contribution < 1.29 is 9.53 Å². The molecule has 1 fully saturated rings. The lowest BCUT2D eigenvalue weighted by Crippen LogP contribution is -2.55. The molecular formula is C9H10N2O2. The summed E-state index contributed by atoms with van der Waals surface area (Å²) < 4.78 is 5.08. The van der Waals surface area contributed by atoms with Crippen LogP contribution in [0.15, 0.2) is 11.8 Å². The molecule has 0 radical (unpaired) electrons. The molecule has 1 amide bonds. The number of ether oxygens (including phenoxy) is 1. The second-order valence-corrected chi connectivity index (χ2v) is 3.36. The normalized spacial score (nSPS) is 36.2. The van der Waals surface area contributed by atoms with Crippen molar-refractivity contribution in [1.29, 1.82) is 5.26 Å². The minimum atomic E-state index is -0.116. The van der Waals surface area contributed by atoms with Gasteiger partial charge >= 0.3 is 0 Å². The second kappa shape index (κ2) is 2.77. The van der Waals surface area contributed by atoms with Crippen LogP contribution in [0.1, 0.15) is 6.42 Å². The quantitative estimate of drug-likeness (QED) is 0.622. The Bertz CT molecular complexity index is 316. The smallest absolute Gasteiger partial charge is 0.247 e. The van der Waals surface area contributed by atoms with E-state index in [1.165, 1.54) is 13.2 Å². The molecule has 68 valence electrons. The first-order chi connectivity index (χ1) is 6.26. The summed E-state index contributed by atoms with van der Waals surface area (Å²) in [5.41, 5.74) is 0. The van der Waals surface area contributed by atoms with Crippen LogP contribution in [0.2, 0.25) is 0 Å². The number of hydrogen-bond donors (Lipinski definition) is 1. The van der Waals surface area contributed by atoms with Crippen LogP contribution in [0.25, 0.3) is 0 Å². The molecule has 2 aliphatic rings. The van der Waals surface area contributed by atoms with E-state index in [0.29, 0.717) is 5.76 Å². The molecule has 0 aromatic heterocycles. The number of nitriles is 1. The summed E-state index contributed by atoms with van der Waals surface area (Å²) in [4.78, 5) is 11.1. The molecule has 3 unspecified atom stereocenters. The van der Waals surface area contributed by atoms with Gasteiger partial charge in [0.15, 0.2) is 0 Å². The SMILES string of the molecule is COC1=CC(=O)NC2CC(C#N)C12. The lowest BCUT2D eigenvalue weighted by atomic mass is 9.67. The number of rotatable bonds is 1. The van der Waals surface area contributed by atoms with Gasteiger partial charge in [-0.1, -0.05) is 0 Å². The number of methoxy groups -OCH3 is 1. The van der Waals surface area contributed by atoms with Gasteiger partial charge in [-0.05, 0) is 6.42 Å². The first kappa shape index (κ1) is 8.11. The fourth-order valence-corrected chi connectivity index (χ4v) is 1.97. The van der Waals surface area contributed by atoms with Gasteiger partial charge in [-0.3, -0.25) is 4.79 Å². The summed E-state index contributed by atoms with van der Waals surface area (Å²) in [5, 5.41) is 11.6. The Kier molecular flexibility index (Phi) is 1.73. The molecule has 3 atom stereocenters. The summed E-state index contributed by atoms with van der Waals surface area (Å²) in [6, 6.07) is 2.32. The maximum Gasteiger partial charge on any atom is 0.247 e. The van der Waals surface area contributed by atoms with Gasteiger partial charge in [0.2, 0.25) is 5.91 Å². The number of nitrogens with zero attached hydrogens (tertiary/aromatic N) is 1. The lowest BCUT2D eigenvalue weighted by Gasteiger charge is -2.43. The Hall–Kier alpha value is -1.50. The minimum Gasteiger partial charge on any atom is -0.500 e. The van der Waals surface area contributed by atoms with Crippen molar-refractivity contribution in [3.63, 3.8) is 0 Å². The zero-order valence-electron chi connectivity index (χ0n) is 7.28. The van der Waals surface area contributed by atoms with Crippen LogP contribution in [0.3, 0.4) is 0 Å². The molecule has 4 heteroatoms. The van der Waals surface area contributed by atoms with Crippen LogP contribution in [-0.2, 0) is 9.53 Å². The zero-order chi connectivity index (χ0) is 9.42. The number of nitrogens with one attached hydrogen (secondary N) is 1. The van der Waals surface area contributed by atoms with Crippen LogP contribution < -0.4 is 5.32 Å². The van der Waals surface area contributed by atoms with Crippen molar-refractivity contribution in [2.75, 3.05) is 7.11 Å². The van der Waals surface area contributed by atoms with Gasteiger partial charge in [-0.15, -0.1) is 0 Å². The lowest BCUT2D eigenvalue weighted by molar-refractivity contribution is -0.120. The van der Waals surface area contributed by atoms with E-state index in [-0.39, 0.29) is 23.8 Å². The predicted molar refractivity (Wildman–Crippen MR) is 44.2 cm³/mol. The molecule has 0 aromatic rings. The van der Waals surface area contributed by atoms with Crippen LogP contribution in [0, 0.1) is 23.2 Å². The van der Waals surface area contributed by atoms with E-state index < -0.39 is 0 Å². The average molecular weight is 178 g/mol. The number of hydrogen-bond acceptors (Lipinski definition) is 3. The second-order valence-electron chi connectivity index (χ2n) is 3.36. The fraction of sp³-hybridized carbons (Fsp3) is 0.556. The van der Waals surface area contributed by atoms with Crippen molar-refractivity contribution >= 4 is 5.91 Å². The molecule has 4 nitrogen and oxygen atoms in total. The molecule has 0 saturated heterocycles. The van der Waals surface area contributed by atoms with Gasteiger partial charge < -0.3 is 10.1 Å². The highest BCUT2D eigenvalue weighted by molar-refractivity contribution is 5.89. The van der Waals surface area contributed by atoms with Crippen molar-refractivity contribution in [2.45, 2.75) is 12.5 Å². The Balaban J connectivity index is 2.23. The van der Waals surface area contributed by atoms with Gasteiger partial charge in [0, 0.05) is 12.1 Å². The molecule has 1 saturated carbocycles. The summed E-state index contributed by atoms with van der Waals surface area (Å²) >= 11 is 0. The van der Waals surface area contributed by atoms with Crippen molar-refractivity contribution in [1.82, 2.24) is 5.32 Å². The monoisotopic (exact) mass is 178 g/mol. The molecule has 0 bridgehead atoms. The largest absolute Gasteiger partial charge is 0.500 e. The van der Waals surface area contributed by atoms with E-state index in [0.717, 1.165) is 6.42 Å². The van der Waals surface area contributed by atoms with Crippen LogP contribution >= 0.6 is 0 Å². The molecule has 1 aliphatic carbocycles. The minimum absolute atomic E-state index is 0.00296. The first-order valence-electron chi connectivity index (χ1n) is 4.22. The Morgan fingerprint density at radius 2 is 2.54 bits per heavy atom. The van der Waals surface area contributed by atoms with Gasteiger partial charge in [0.1, 0.15) is 5.76 Å². The van der Waals surface area contributed by atoms with Crippen LogP contribution in [0.4, 0.5) is 0 Å². The third-order valence-corrected chi connectivity index (χ3v) is 2.71. The zero-order valence-corrected chi connectivity index (χ0v) is 7.28. The van der Waals surface area contributed by atoms with Crippen molar-refractivity contribution in [3.8, 4) is 6.07 Å². The Labute approximate surface area is 76.2 Å². The topological polar surface area (TPSA) is 62.1 Å². The maximum atomic E-state index is 11.1. The highest BCUT2D eigenvalue weighted by Crippen LogP contribution is 2.41. The molecule has 2 rings (SSSR count). The molecule has 0 aromatic carbocycles. The van der Waals surface area contributed by atoms with E-state index in [1.54, 1.807) is 0 Å². The summed E-state index contributed by atoms with van der Waals surface area (Å²) in [6.07, 6.45) is 2.18. The van der Waals surface area contributed by atoms with E-state index in [2.05, 4.69) is 11.4 Å². The molecule has 13 heavy (non-hydrogen) atoms. The van der Waals surface area contributed by atoms with Gasteiger partial charge in [-0.25, -0.2) is 0 Å². The number of carbonyl (C=O) groups excluding carboxylic acids is 1. The number of amides is 1. The molecule has 1 heterocycles. The molecule has 0 spiro atoms. The van der Waals surface area contributed by atoms with Crippen molar-refractivity contribution in [2.24, 2.45) is 11.8 Å². The predicted octanol–water partition coefficient (Wildman–Crippen LogP) is 0.175. The van der Waals surface area contributed by atoms with Crippen molar-refractivity contribution in [3.05, 3.63) is 11.8 Å². The molecular weight excluding hydrogens is 168 g/mol. The Morgan fingerprint density at radius 3 is 3.15 bits per heavy atom. The van der Waals surface area contributed by atoms with E-state index in [4.69, 9.17) is 10.00 Å². The summed E-state index contributed by atoms with van der Waals surface area (Å²) in [6.45, 7) is 0. The van der Waals surface area contributed by atoms with E-state index in [9.17, 15) is 4.79 Å². The molecule has 1 aliphatic heterocycles. The van der Waals surface area contributed by atoms with Crippen LogP contribution in [0.5, 0.6) is 0 Å². The van der Waals surface area contributed by atoms with Gasteiger partial charge in [0.05, 0.1) is 25.0 Å². The highest BCUT2D eigenvalue weighted by Gasteiger charge is 2.47. The van der Waals surface area contributed by atoms with E-state index in [1.807, 2.05) is 0 Å². The van der Waals surface area contributed by atoms with Crippen LogP contribution in [-0.4, -0.2) is 19.1 Å². The number of fused-ring (bicyclic) bond motifs is 1. The third-order valence-electron chi connectivity index (χ3n) is 2.71. The first-order valence-corrected chi connectivity index (χ1v) is 4.22. The van der Waals surface area contributed by atoms with E-state index >= 15 is 0 Å². The summed E-state index contributed by atoms with van der Waals surface area (Å²) in [5.74, 6) is 0.602. The Morgan fingerprint density at radius 1 is 1.77 bits per heavy atom. The van der Waals surface area contributed by atoms with Gasteiger partial charge in [-0.2, -0.15) is 5.26 Å². The standard InChI is InChI=1S/C9H10N2O2/c1-13-7-3-8(12)11-6-2-5(4-10)9(6)7/h3,5-6,9H,2H2,1H3,(H,11,12). The summed E-state index contributed by atoms with van der Waals surface area (Å²) in [7, 11) is 1.54. The number of carbonyl (C=O) groups is 1. The third kappa shape index (κ3) is 1.08. The average Bonchev–Trinajstić information content (AvgIpc) is 2.09. The maximum absolute atomic E-state index is 11.1. The molecule has 1 N–H and O–H groups in total. The highest BCUT2D eigenvalue weighted by atomic mass is 16.5. The van der Waals surface area contributed by atoms with Gasteiger partial charge in [0.25, 0.3) is 0 Å².